The molecular weight excluding hydrogens is 252 g/mol. The summed E-state index contributed by atoms with van der Waals surface area (Å²) in [6, 6.07) is 8.15. The van der Waals surface area contributed by atoms with Gasteiger partial charge in [-0.15, -0.1) is 0 Å². The molecule has 0 saturated carbocycles. The van der Waals surface area contributed by atoms with Crippen molar-refractivity contribution in [3.05, 3.63) is 36.4 Å². The molecule has 3 aromatic rings. The second-order valence-electron chi connectivity index (χ2n) is 4.81. The minimum absolute atomic E-state index is 0.671. The van der Waals surface area contributed by atoms with Crippen molar-refractivity contribution in [2.24, 2.45) is 0 Å². The molecule has 0 aliphatic heterocycles. The van der Waals surface area contributed by atoms with Crippen LogP contribution in [0.2, 0.25) is 0 Å². The van der Waals surface area contributed by atoms with E-state index in [-0.39, 0.29) is 0 Å². The van der Waals surface area contributed by atoms with Crippen LogP contribution in [0.15, 0.2) is 30.6 Å². The Morgan fingerprint density at radius 3 is 2.55 bits per heavy atom. The topological polar surface area (TPSA) is 69.7 Å². The van der Waals surface area contributed by atoms with E-state index in [1.54, 1.807) is 0 Å². The Balaban J connectivity index is 1.92. The molecule has 2 N–H and O–H groups in total. The van der Waals surface area contributed by atoms with Crippen molar-refractivity contribution in [3.63, 3.8) is 0 Å². The Bertz CT molecular complexity index is 729. The standard InChI is InChI=1S/C14H16N6/c1-9-17-12-13(18-9)15-8-16-14(12)19-10-4-6-11(7-5-10)20(2)3/h4-8H,1-3H3,(H2,15,16,17,18,19). The van der Waals surface area contributed by atoms with Gasteiger partial charge in [0.05, 0.1) is 0 Å². The van der Waals surface area contributed by atoms with E-state index in [1.807, 2.05) is 33.2 Å². The monoisotopic (exact) mass is 268 g/mol. The normalized spacial score (nSPS) is 10.8. The maximum absolute atomic E-state index is 4.30. The van der Waals surface area contributed by atoms with E-state index in [0.29, 0.717) is 5.65 Å². The molecule has 0 unspecified atom stereocenters. The van der Waals surface area contributed by atoms with E-state index < -0.39 is 0 Å². The Kier molecular flexibility index (Phi) is 2.98. The molecule has 2 aromatic heterocycles. The summed E-state index contributed by atoms with van der Waals surface area (Å²) in [5.41, 5.74) is 3.62. The van der Waals surface area contributed by atoms with Crippen molar-refractivity contribution in [3.8, 4) is 0 Å². The maximum Gasteiger partial charge on any atom is 0.183 e. The second-order valence-corrected chi connectivity index (χ2v) is 4.81. The number of hydrogen-bond acceptors (Lipinski definition) is 5. The van der Waals surface area contributed by atoms with E-state index in [2.05, 4.69) is 42.3 Å². The molecule has 0 saturated heterocycles. The number of aromatic nitrogens is 4. The largest absolute Gasteiger partial charge is 0.378 e. The third kappa shape index (κ3) is 2.27. The van der Waals surface area contributed by atoms with Gasteiger partial charge in [0.1, 0.15) is 17.7 Å². The van der Waals surface area contributed by atoms with Crippen LogP contribution in [0.4, 0.5) is 17.2 Å². The summed E-state index contributed by atoms with van der Waals surface area (Å²) < 4.78 is 0. The number of hydrogen-bond donors (Lipinski definition) is 2. The van der Waals surface area contributed by atoms with Gasteiger partial charge in [-0.3, -0.25) is 0 Å². The van der Waals surface area contributed by atoms with Crippen LogP contribution in [-0.4, -0.2) is 34.0 Å². The molecule has 0 fully saturated rings. The minimum Gasteiger partial charge on any atom is -0.378 e. The molecule has 0 atom stereocenters. The SMILES string of the molecule is Cc1nc2ncnc(Nc3ccc(N(C)C)cc3)c2[nH]1. The first kappa shape index (κ1) is 12.4. The molecule has 0 aliphatic carbocycles. The van der Waals surface area contributed by atoms with Crippen LogP contribution in [0.1, 0.15) is 5.82 Å². The van der Waals surface area contributed by atoms with E-state index in [1.165, 1.54) is 6.33 Å². The Morgan fingerprint density at radius 1 is 1.10 bits per heavy atom. The molecule has 6 heteroatoms. The van der Waals surface area contributed by atoms with Gasteiger partial charge < -0.3 is 15.2 Å². The van der Waals surface area contributed by atoms with Crippen LogP contribution < -0.4 is 10.2 Å². The van der Waals surface area contributed by atoms with Crippen LogP contribution in [0.25, 0.3) is 11.2 Å². The molecule has 6 nitrogen and oxygen atoms in total. The Labute approximate surface area is 116 Å². The highest BCUT2D eigenvalue weighted by Gasteiger charge is 2.07. The van der Waals surface area contributed by atoms with Crippen LogP contribution in [0, 0.1) is 6.92 Å². The Morgan fingerprint density at radius 2 is 1.85 bits per heavy atom. The Hall–Kier alpha value is -2.63. The second kappa shape index (κ2) is 4.80. The van der Waals surface area contributed by atoms with Gasteiger partial charge in [0.25, 0.3) is 0 Å². The van der Waals surface area contributed by atoms with Crippen molar-refractivity contribution in [2.75, 3.05) is 24.3 Å². The van der Waals surface area contributed by atoms with Gasteiger partial charge in [-0.25, -0.2) is 15.0 Å². The first-order valence-corrected chi connectivity index (χ1v) is 6.35. The van der Waals surface area contributed by atoms with Crippen LogP contribution >= 0.6 is 0 Å². The molecule has 1 aromatic carbocycles. The van der Waals surface area contributed by atoms with Crippen molar-refractivity contribution in [1.29, 1.82) is 0 Å². The zero-order chi connectivity index (χ0) is 14.1. The van der Waals surface area contributed by atoms with Gasteiger partial charge >= 0.3 is 0 Å². The smallest absolute Gasteiger partial charge is 0.183 e. The van der Waals surface area contributed by atoms with Crippen molar-refractivity contribution >= 4 is 28.4 Å². The van der Waals surface area contributed by atoms with Gasteiger partial charge in [-0.2, -0.15) is 0 Å². The number of anilines is 3. The number of aryl methyl sites for hydroxylation is 1. The molecule has 0 amide bonds. The van der Waals surface area contributed by atoms with Gasteiger partial charge in [-0.1, -0.05) is 0 Å². The zero-order valence-electron chi connectivity index (χ0n) is 11.7. The fraction of sp³-hybridized carbons (Fsp3) is 0.214. The summed E-state index contributed by atoms with van der Waals surface area (Å²) in [6.07, 6.45) is 1.51. The molecule has 0 spiro atoms. The minimum atomic E-state index is 0.671. The molecule has 0 radical (unpaired) electrons. The molecule has 0 aliphatic rings. The number of benzene rings is 1. The third-order valence-corrected chi connectivity index (χ3v) is 3.05. The van der Waals surface area contributed by atoms with E-state index in [4.69, 9.17) is 0 Å². The number of fused-ring (bicyclic) bond motifs is 1. The van der Waals surface area contributed by atoms with Crippen LogP contribution in [0.3, 0.4) is 0 Å². The average Bonchev–Trinajstić information content (AvgIpc) is 2.81. The third-order valence-electron chi connectivity index (χ3n) is 3.05. The summed E-state index contributed by atoms with van der Waals surface area (Å²) in [7, 11) is 4.04. The summed E-state index contributed by atoms with van der Waals surface area (Å²) in [5, 5.41) is 3.29. The number of aromatic amines is 1. The van der Waals surface area contributed by atoms with Crippen LogP contribution in [-0.2, 0) is 0 Å². The lowest BCUT2D eigenvalue weighted by molar-refractivity contribution is 1.13. The van der Waals surface area contributed by atoms with E-state index >= 15 is 0 Å². The van der Waals surface area contributed by atoms with Crippen molar-refractivity contribution in [2.45, 2.75) is 6.92 Å². The van der Waals surface area contributed by atoms with E-state index in [0.717, 1.165) is 28.5 Å². The summed E-state index contributed by atoms with van der Waals surface area (Å²) in [6.45, 7) is 1.90. The summed E-state index contributed by atoms with van der Waals surface area (Å²) in [4.78, 5) is 17.9. The first-order chi connectivity index (χ1) is 9.63. The predicted octanol–water partition coefficient (Wildman–Crippen LogP) is 2.47. The van der Waals surface area contributed by atoms with Crippen molar-refractivity contribution < 1.29 is 0 Å². The lowest BCUT2D eigenvalue weighted by atomic mass is 10.2. The van der Waals surface area contributed by atoms with Gasteiger partial charge in [-0.05, 0) is 31.2 Å². The summed E-state index contributed by atoms with van der Waals surface area (Å²) >= 11 is 0. The van der Waals surface area contributed by atoms with Crippen LogP contribution in [0.5, 0.6) is 0 Å². The quantitative estimate of drug-likeness (QED) is 0.763. The highest BCUT2D eigenvalue weighted by molar-refractivity contribution is 5.85. The highest BCUT2D eigenvalue weighted by Crippen LogP contribution is 2.22. The highest BCUT2D eigenvalue weighted by atomic mass is 15.1. The van der Waals surface area contributed by atoms with Gasteiger partial charge in [0.15, 0.2) is 11.5 Å². The molecule has 2 heterocycles. The zero-order valence-corrected chi connectivity index (χ0v) is 11.7. The van der Waals surface area contributed by atoms with Crippen molar-refractivity contribution in [1.82, 2.24) is 19.9 Å². The lowest BCUT2D eigenvalue weighted by Crippen LogP contribution is -2.08. The molecule has 20 heavy (non-hydrogen) atoms. The van der Waals surface area contributed by atoms with E-state index in [9.17, 15) is 0 Å². The fourth-order valence-corrected chi connectivity index (χ4v) is 2.02. The number of H-pyrrole nitrogens is 1. The number of imidazole rings is 1. The predicted molar refractivity (Wildman–Crippen MR) is 80.5 cm³/mol. The summed E-state index contributed by atoms with van der Waals surface area (Å²) in [5.74, 6) is 1.56. The van der Waals surface area contributed by atoms with Gasteiger partial charge in [0, 0.05) is 25.5 Å². The maximum atomic E-state index is 4.30. The number of rotatable bonds is 3. The lowest BCUT2D eigenvalue weighted by Gasteiger charge is -2.13. The number of nitrogens with zero attached hydrogens (tertiary/aromatic N) is 4. The fourth-order valence-electron chi connectivity index (χ4n) is 2.02. The average molecular weight is 268 g/mol. The molecule has 0 bridgehead atoms. The van der Waals surface area contributed by atoms with Gasteiger partial charge in [0.2, 0.25) is 0 Å². The first-order valence-electron chi connectivity index (χ1n) is 6.35. The number of nitrogens with one attached hydrogen (secondary N) is 2. The molecule has 102 valence electrons. The molecular formula is C14H16N6. The molecule has 3 rings (SSSR count).